The second-order valence-electron chi connectivity index (χ2n) is 7.26. The highest BCUT2D eigenvalue weighted by atomic mass is 31.2. The van der Waals surface area contributed by atoms with Crippen LogP contribution in [0.15, 0.2) is 0 Å². The van der Waals surface area contributed by atoms with Gasteiger partial charge in [0.05, 0.1) is 0 Å². The van der Waals surface area contributed by atoms with Crippen molar-refractivity contribution in [1.29, 1.82) is 0 Å². The minimum atomic E-state index is -4.51. The molecule has 0 aromatic carbocycles. The molecule has 29 heavy (non-hydrogen) atoms. The molecule has 0 aromatic heterocycles. The van der Waals surface area contributed by atoms with Gasteiger partial charge >= 0.3 is 7.60 Å². The van der Waals surface area contributed by atoms with Crippen molar-refractivity contribution < 1.29 is 38.0 Å². The molecule has 0 unspecified atom stereocenters. The summed E-state index contributed by atoms with van der Waals surface area (Å²) < 4.78 is 28.7. The summed E-state index contributed by atoms with van der Waals surface area (Å²) in [6.45, 7) is 3.18. The van der Waals surface area contributed by atoms with Gasteiger partial charge in [0, 0.05) is 12.8 Å². The molecule has 0 bridgehead atoms. The van der Waals surface area contributed by atoms with Gasteiger partial charge in [-0.3, -0.25) is 23.5 Å². The van der Waals surface area contributed by atoms with Gasteiger partial charge in [0.1, 0.15) is 13.0 Å². The van der Waals surface area contributed by atoms with Gasteiger partial charge in [-0.15, -0.1) is 0 Å². The molecule has 0 amide bonds. The summed E-state index contributed by atoms with van der Waals surface area (Å²) >= 11 is 0. The van der Waals surface area contributed by atoms with Crippen LogP contribution >= 0.6 is 14.7 Å². The molecular weight excluding hydrogens is 418 g/mol. The van der Waals surface area contributed by atoms with Crippen molar-refractivity contribution >= 4 is 31.3 Å². The molecule has 8 nitrogen and oxygen atoms in total. The van der Waals surface area contributed by atoms with E-state index in [9.17, 15) is 23.5 Å². The van der Waals surface area contributed by atoms with Gasteiger partial charge in [-0.2, -0.15) is 0 Å². The van der Waals surface area contributed by atoms with Crippen molar-refractivity contribution in [3.63, 3.8) is 0 Å². The molecule has 0 atom stereocenters. The van der Waals surface area contributed by atoms with Crippen molar-refractivity contribution in [3.05, 3.63) is 0 Å². The average molecular weight is 454 g/mol. The molecule has 0 rings (SSSR count). The second-order valence-corrected chi connectivity index (χ2v) is 11.6. The molecule has 0 aromatic rings. The van der Waals surface area contributed by atoms with E-state index in [4.69, 9.17) is 9.79 Å². The lowest BCUT2D eigenvalue weighted by Gasteiger charge is -2.15. The Labute approximate surface area is 173 Å². The van der Waals surface area contributed by atoms with Crippen LogP contribution in [0.4, 0.5) is 0 Å². The van der Waals surface area contributed by atoms with Gasteiger partial charge in [-0.25, -0.2) is 0 Å². The van der Waals surface area contributed by atoms with Gasteiger partial charge in [0.15, 0.2) is 0 Å². The minimum Gasteiger partial charge on any atom is -0.360 e. The van der Waals surface area contributed by atoms with Crippen molar-refractivity contribution in [2.24, 2.45) is 0 Å². The molecule has 2 N–H and O–H groups in total. The summed E-state index contributed by atoms with van der Waals surface area (Å²) in [4.78, 5) is 55.1. The predicted molar refractivity (Wildman–Crippen MR) is 112 cm³/mol. The molecule has 0 fully saturated rings. The number of carbonyl (C=O) groups excluding carboxylic acids is 3. The molecular formula is C19H36O8P2. The van der Waals surface area contributed by atoms with E-state index >= 15 is 0 Å². The lowest BCUT2D eigenvalue weighted by Crippen LogP contribution is -2.21. The fourth-order valence-corrected chi connectivity index (χ4v) is 5.22. The second kappa shape index (κ2) is 15.2. The molecule has 0 aliphatic heterocycles. The van der Waals surface area contributed by atoms with E-state index in [0.29, 0.717) is 12.8 Å². The third-order valence-electron chi connectivity index (χ3n) is 4.53. The fraction of sp³-hybridized carbons (Fsp3) is 0.842. The molecule has 0 aliphatic carbocycles. The monoisotopic (exact) mass is 454 g/mol. The third-order valence-corrected chi connectivity index (χ3v) is 7.73. The van der Waals surface area contributed by atoms with E-state index in [-0.39, 0.29) is 12.8 Å². The van der Waals surface area contributed by atoms with Crippen LogP contribution in [-0.4, -0.2) is 39.3 Å². The van der Waals surface area contributed by atoms with Crippen molar-refractivity contribution in [2.75, 3.05) is 13.0 Å². The molecule has 0 spiro atoms. The highest BCUT2D eigenvalue weighted by Crippen LogP contribution is 2.51. The van der Waals surface area contributed by atoms with Crippen molar-refractivity contribution in [3.8, 4) is 0 Å². The van der Waals surface area contributed by atoms with Crippen LogP contribution in [-0.2, 0) is 28.3 Å². The first kappa shape index (κ1) is 28.4. The number of hydrogen-bond acceptors (Lipinski definition) is 6. The molecule has 170 valence electrons. The Kier molecular flexibility index (Phi) is 14.9. The summed E-state index contributed by atoms with van der Waals surface area (Å²) in [7, 11) is -8.99. The highest BCUT2D eigenvalue weighted by molar-refractivity contribution is 8.06. The number of hydrogen-bond donors (Lipinski definition) is 2. The van der Waals surface area contributed by atoms with Gasteiger partial charge < -0.3 is 14.5 Å². The number of ether oxygens (including phenoxy) is 1. The molecule has 0 radical (unpaired) electrons. The van der Waals surface area contributed by atoms with E-state index in [0.717, 1.165) is 51.4 Å². The van der Waals surface area contributed by atoms with Crippen LogP contribution in [0, 0.1) is 0 Å². The van der Waals surface area contributed by atoms with E-state index in [1.807, 2.05) is 0 Å². The normalized spacial score (nSPS) is 12.1. The number of unbranched alkanes of at least 4 members (excludes halogenated alkanes) is 8. The van der Waals surface area contributed by atoms with E-state index in [2.05, 4.69) is 18.6 Å². The molecule has 0 saturated heterocycles. The largest absolute Gasteiger partial charge is 0.360 e. The van der Waals surface area contributed by atoms with Crippen LogP contribution in [0.5, 0.6) is 0 Å². The topological polar surface area (TPSA) is 135 Å². The van der Waals surface area contributed by atoms with Gasteiger partial charge in [0.25, 0.3) is 7.14 Å². The number of rotatable bonds is 19. The molecule has 0 aliphatic rings. The zero-order valence-electron chi connectivity index (χ0n) is 17.6. The standard InChI is InChI=1S/C19H36O8P2/c1-3-5-7-9-11-13-17(20)29(26,18(21)14-12-10-8-6-4-2)19(22)15-27-16-28(23,24)25/h3-16H2,1-2H3,(H2,23,24,25). The van der Waals surface area contributed by atoms with Crippen molar-refractivity contribution in [1.82, 2.24) is 0 Å². The van der Waals surface area contributed by atoms with E-state index in [1.165, 1.54) is 0 Å². The summed E-state index contributed by atoms with van der Waals surface area (Å²) in [6, 6.07) is 0. The Morgan fingerprint density at radius 1 is 0.690 bits per heavy atom. The Balaban J connectivity index is 5.01. The first-order chi connectivity index (χ1) is 13.6. The maximum atomic E-state index is 13.2. The zero-order valence-corrected chi connectivity index (χ0v) is 19.4. The summed E-state index contributed by atoms with van der Waals surface area (Å²) in [5, 5.41) is 0. The van der Waals surface area contributed by atoms with Crippen LogP contribution in [0.3, 0.4) is 0 Å². The Hall–Kier alpha value is -0.650. The summed E-state index contributed by atoms with van der Waals surface area (Å²) in [5.41, 5.74) is -2.89. The maximum Gasteiger partial charge on any atom is 0.350 e. The Morgan fingerprint density at radius 2 is 1.10 bits per heavy atom. The van der Waals surface area contributed by atoms with Crippen LogP contribution in [0.2, 0.25) is 0 Å². The van der Waals surface area contributed by atoms with Gasteiger partial charge in [-0.1, -0.05) is 65.2 Å². The summed E-state index contributed by atoms with van der Waals surface area (Å²) in [6.07, 6.45) is 7.02. The highest BCUT2D eigenvalue weighted by Gasteiger charge is 2.45. The van der Waals surface area contributed by atoms with Crippen LogP contribution in [0.1, 0.15) is 90.9 Å². The van der Waals surface area contributed by atoms with Crippen LogP contribution < -0.4 is 0 Å². The first-order valence-electron chi connectivity index (χ1n) is 10.4. The first-order valence-corrected chi connectivity index (χ1v) is 13.9. The summed E-state index contributed by atoms with van der Waals surface area (Å²) in [5.74, 6) is 0. The fourth-order valence-electron chi connectivity index (χ4n) is 2.83. The maximum absolute atomic E-state index is 13.2. The Bertz CT molecular complexity index is 581. The third kappa shape index (κ3) is 12.0. The lowest BCUT2D eigenvalue weighted by atomic mass is 10.1. The zero-order chi connectivity index (χ0) is 22.3. The van der Waals surface area contributed by atoms with Gasteiger partial charge in [-0.05, 0) is 12.8 Å². The lowest BCUT2D eigenvalue weighted by molar-refractivity contribution is -0.119. The smallest absolute Gasteiger partial charge is 0.350 e. The molecule has 10 heteroatoms. The van der Waals surface area contributed by atoms with E-state index in [1.54, 1.807) is 0 Å². The SMILES string of the molecule is CCCCCCCC(=O)P(=O)(C(=O)CCCCCCC)C(=O)COCP(=O)(O)O. The predicted octanol–water partition coefficient (Wildman–Crippen LogP) is 4.80. The number of carbonyl (C=O) groups is 3. The Morgan fingerprint density at radius 3 is 1.48 bits per heavy atom. The van der Waals surface area contributed by atoms with Crippen molar-refractivity contribution in [2.45, 2.75) is 90.9 Å². The average Bonchev–Trinajstić information content (AvgIpc) is 2.65. The molecule has 0 heterocycles. The minimum absolute atomic E-state index is 0.118. The van der Waals surface area contributed by atoms with Gasteiger partial charge in [0.2, 0.25) is 16.6 Å². The molecule has 0 saturated carbocycles. The quantitative estimate of drug-likeness (QED) is 0.210. The van der Waals surface area contributed by atoms with Crippen LogP contribution in [0.25, 0.3) is 0 Å². The van der Waals surface area contributed by atoms with E-state index < -0.39 is 44.3 Å².